The second-order valence-corrected chi connectivity index (χ2v) is 7.90. The maximum absolute atomic E-state index is 12.0. The van der Waals surface area contributed by atoms with Crippen molar-refractivity contribution in [1.29, 1.82) is 0 Å². The molecule has 2 aromatic carbocycles. The number of hydrogen-bond acceptors (Lipinski definition) is 8. The van der Waals surface area contributed by atoms with Crippen molar-refractivity contribution in [2.75, 3.05) is 20.3 Å². The van der Waals surface area contributed by atoms with E-state index in [-0.39, 0.29) is 6.61 Å². The quantitative estimate of drug-likeness (QED) is 0.236. The van der Waals surface area contributed by atoms with Crippen molar-refractivity contribution in [1.82, 2.24) is 4.98 Å². The molecule has 0 radical (unpaired) electrons. The lowest BCUT2D eigenvalue weighted by Crippen LogP contribution is -2.22. The number of carbonyl (C=O) groups is 1. The number of pyridine rings is 1. The Hall–Kier alpha value is -3.91. The molecule has 0 saturated carbocycles. The molecule has 1 aliphatic rings. The second-order valence-electron chi connectivity index (χ2n) is 7.90. The third kappa shape index (κ3) is 7.28. The molecular weight excluding hydrogens is 448 g/mol. The van der Waals surface area contributed by atoms with Crippen LogP contribution in [0.3, 0.4) is 0 Å². The molecule has 1 unspecified atom stereocenters. The zero-order chi connectivity index (χ0) is 24.3. The number of carbonyl (C=O) groups excluding carboxylic acids is 1. The highest BCUT2D eigenvalue weighted by Crippen LogP contribution is 2.21. The summed E-state index contributed by atoms with van der Waals surface area (Å²) in [6.45, 7) is 1.15. The van der Waals surface area contributed by atoms with Crippen LogP contribution in [0.2, 0.25) is 0 Å². The largest absolute Gasteiger partial charge is 0.489 e. The Kier molecular flexibility index (Phi) is 8.67. The lowest BCUT2D eigenvalue weighted by atomic mass is 10.2. The molecule has 4 rings (SSSR count). The van der Waals surface area contributed by atoms with Gasteiger partial charge in [0, 0.05) is 18.7 Å². The number of rotatable bonds is 10. The zero-order valence-electron chi connectivity index (χ0n) is 19.6. The monoisotopic (exact) mass is 476 g/mol. The molecule has 3 aromatic rings. The molecule has 1 saturated heterocycles. The summed E-state index contributed by atoms with van der Waals surface area (Å²) in [6.07, 6.45) is 3.88. The highest BCUT2D eigenvalue weighted by atomic mass is 16.8. The number of hydrogen-bond donors (Lipinski definition) is 0. The highest BCUT2D eigenvalue weighted by molar-refractivity contribution is 6.01. The number of benzene rings is 2. The summed E-state index contributed by atoms with van der Waals surface area (Å²) in [7, 11) is 1.33. The molecule has 0 aliphatic carbocycles. The predicted octanol–water partition coefficient (Wildman–Crippen LogP) is 4.77. The summed E-state index contributed by atoms with van der Waals surface area (Å²) in [4.78, 5) is 22.0. The van der Waals surface area contributed by atoms with Crippen molar-refractivity contribution in [3.63, 3.8) is 0 Å². The number of ether oxygens (including phenoxy) is 4. The van der Waals surface area contributed by atoms with Gasteiger partial charge < -0.3 is 23.8 Å². The molecule has 0 spiro atoms. The molecular formula is C27H28N2O6. The number of aromatic nitrogens is 1. The maximum Gasteiger partial charge on any atom is 0.337 e. The second kappa shape index (κ2) is 12.5. The first kappa shape index (κ1) is 24.2. The average molecular weight is 477 g/mol. The molecule has 35 heavy (non-hydrogen) atoms. The summed E-state index contributed by atoms with van der Waals surface area (Å²) in [5.41, 5.74) is 2.29. The number of oxime groups is 1. The van der Waals surface area contributed by atoms with E-state index in [1.807, 2.05) is 54.6 Å². The van der Waals surface area contributed by atoms with Crippen LogP contribution in [0.5, 0.6) is 11.5 Å². The van der Waals surface area contributed by atoms with Crippen LogP contribution in [0, 0.1) is 0 Å². The molecule has 2 heterocycles. The van der Waals surface area contributed by atoms with Gasteiger partial charge in [-0.05, 0) is 42.7 Å². The smallest absolute Gasteiger partial charge is 0.337 e. The summed E-state index contributed by atoms with van der Waals surface area (Å²) in [5.74, 6) is 0.817. The van der Waals surface area contributed by atoms with Gasteiger partial charge in [-0.1, -0.05) is 41.6 Å². The molecule has 0 amide bonds. The molecule has 0 N–H and O–H groups in total. The van der Waals surface area contributed by atoms with Gasteiger partial charge in [0.1, 0.15) is 30.4 Å². The van der Waals surface area contributed by atoms with Crippen molar-refractivity contribution in [3.8, 4) is 11.5 Å². The van der Waals surface area contributed by atoms with Gasteiger partial charge in [0.25, 0.3) is 0 Å². The standard InChI is InChI=1S/C27H28N2O6/c1-31-27(30)21-13-14-28-24(16-21)25(29-35-26-12-5-6-15-32-26)19-34-23-11-7-10-22(17-23)33-18-20-8-3-2-4-9-20/h2-4,7-11,13-14,16-17,26H,5-6,12,15,18-19H2,1H3/b29-25+. The molecule has 1 fully saturated rings. The van der Waals surface area contributed by atoms with Gasteiger partial charge in [-0.15, -0.1) is 0 Å². The normalized spacial score (nSPS) is 15.8. The Bertz CT molecular complexity index is 1130. The van der Waals surface area contributed by atoms with Crippen LogP contribution in [-0.4, -0.2) is 43.3 Å². The number of nitrogens with zero attached hydrogens (tertiary/aromatic N) is 2. The highest BCUT2D eigenvalue weighted by Gasteiger charge is 2.17. The first-order valence-corrected chi connectivity index (χ1v) is 11.5. The molecule has 182 valence electrons. The lowest BCUT2D eigenvalue weighted by molar-refractivity contribution is -0.162. The minimum absolute atomic E-state index is 0.0620. The van der Waals surface area contributed by atoms with Crippen LogP contribution >= 0.6 is 0 Å². The van der Waals surface area contributed by atoms with Crippen molar-refractivity contribution in [2.24, 2.45) is 5.16 Å². The lowest BCUT2D eigenvalue weighted by Gasteiger charge is -2.20. The van der Waals surface area contributed by atoms with Gasteiger partial charge in [0.2, 0.25) is 6.29 Å². The van der Waals surface area contributed by atoms with Crippen LogP contribution < -0.4 is 9.47 Å². The fourth-order valence-electron chi connectivity index (χ4n) is 3.44. The van der Waals surface area contributed by atoms with E-state index in [1.54, 1.807) is 12.1 Å². The first-order chi connectivity index (χ1) is 17.2. The van der Waals surface area contributed by atoms with Crippen molar-refractivity contribution in [2.45, 2.75) is 32.2 Å². The average Bonchev–Trinajstić information content (AvgIpc) is 2.93. The fourth-order valence-corrected chi connectivity index (χ4v) is 3.44. The van der Waals surface area contributed by atoms with E-state index in [2.05, 4.69) is 10.1 Å². The zero-order valence-corrected chi connectivity index (χ0v) is 19.6. The fraction of sp³-hybridized carbons (Fsp3) is 0.296. The van der Waals surface area contributed by atoms with Crippen molar-refractivity contribution < 1.29 is 28.6 Å². The molecule has 0 bridgehead atoms. The number of methoxy groups -OCH3 is 1. The van der Waals surface area contributed by atoms with Crippen molar-refractivity contribution in [3.05, 3.63) is 89.7 Å². The Morgan fingerprint density at radius 1 is 1.03 bits per heavy atom. The van der Waals surface area contributed by atoms with Crippen LogP contribution in [0.15, 0.2) is 78.1 Å². The van der Waals surface area contributed by atoms with E-state index in [4.69, 9.17) is 23.8 Å². The van der Waals surface area contributed by atoms with Crippen LogP contribution in [0.1, 0.15) is 40.9 Å². The third-order valence-electron chi connectivity index (χ3n) is 5.32. The summed E-state index contributed by atoms with van der Waals surface area (Å²) < 4.78 is 22.3. The van der Waals surface area contributed by atoms with E-state index >= 15 is 0 Å². The van der Waals surface area contributed by atoms with Gasteiger partial charge in [-0.3, -0.25) is 4.98 Å². The van der Waals surface area contributed by atoms with E-state index in [1.165, 1.54) is 13.3 Å². The Labute approximate surface area is 204 Å². The minimum atomic E-state index is -0.464. The Morgan fingerprint density at radius 3 is 2.63 bits per heavy atom. The summed E-state index contributed by atoms with van der Waals surface area (Å²) in [5, 5.41) is 4.28. The number of esters is 1. The van der Waals surface area contributed by atoms with Gasteiger partial charge in [-0.2, -0.15) is 0 Å². The van der Waals surface area contributed by atoms with Gasteiger partial charge in [0.05, 0.1) is 25.0 Å². The Balaban J connectivity index is 1.46. The van der Waals surface area contributed by atoms with E-state index in [0.717, 1.165) is 24.8 Å². The summed E-state index contributed by atoms with van der Waals surface area (Å²) in [6, 6.07) is 20.5. The minimum Gasteiger partial charge on any atom is -0.489 e. The van der Waals surface area contributed by atoms with E-state index in [9.17, 15) is 4.79 Å². The van der Waals surface area contributed by atoms with E-state index in [0.29, 0.717) is 41.7 Å². The molecule has 1 atom stereocenters. The first-order valence-electron chi connectivity index (χ1n) is 11.5. The molecule has 8 heteroatoms. The van der Waals surface area contributed by atoms with Crippen LogP contribution in [0.25, 0.3) is 0 Å². The predicted molar refractivity (Wildman–Crippen MR) is 130 cm³/mol. The van der Waals surface area contributed by atoms with E-state index < -0.39 is 12.3 Å². The summed E-state index contributed by atoms with van der Waals surface area (Å²) >= 11 is 0. The van der Waals surface area contributed by atoms with Gasteiger partial charge >= 0.3 is 5.97 Å². The van der Waals surface area contributed by atoms with Crippen molar-refractivity contribution >= 4 is 11.7 Å². The maximum atomic E-state index is 12.0. The van der Waals surface area contributed by atoms with Gasteiger partial charge in [-0.25, -0.2) is 4.79 Å². The third-order valence-corrected chi connectivity index (χ3v) is 5.32. The Morgan fingerprint density at radius 2 is 1.86 bits per heavy atom. The van der Waals surface area contributed by atoms with Gasteiger partial charge in [0.15, 0.2) is 0 Å². The molecule has 1 aliphatic heterocycles. The SMILES string of the molecule is COC(=O)c1ccnc(/C(COc2cccc(OCc3ccccc3)c2)=N/OC2CCCCO2)c1. The van der Waals surface area contributed by atoms with Crippen LogP contribution in [0.4, 0.5) is 0 Å². The molecule has 8 nitrogen and oxygen atoms in total. The topological polar surface area (TPSA) is 88.5 Å². The molecule has 1 aromatic heterocycles. The van der Waals surface area contributed by atoms with Crippen LogP contribution in [-0.2, 0) is 20.9 Å².